The van der Waals surface area contributed by atoms with Gasteiger partial charge in [0.25, 0.3) is 5.91 Å². The van der Waals surface area contributed by atoms with Crippen LogP contribution in [0.4, 0.5) is 0 Å². The summed E-state index contributed by atoms with van der Waals surface area (Å²) in [6.07, 6.45) is 2.18. The van der Waals surface area contributed by atoms with Crippen molar-refractivity contribution in [3.8, 4) is 5.75 Å². The summed E-state index contributed by atoms with van der Waals surface area (Å²) in [6.45, 7) is 2.11. The fourth-order valence-electron chi connectivity index (χ4n) is 3.42. The average molecular weight is 421 g/mol. The van der Waals surface area contributed by atoms with Crippen molar-refractivity contribution in [2.75, 3.05) is 20.8 Å². The van der Waals surface area contributed by atoms with Crippen LogP contribution in [0.1, 0.15) is 28.4 Å². The van der Waals surface area contributed by atoms with Crippen molar-refractivity contribution in [3.63, 3.8) is 0 Å². The number of amides is 1. The van der Waals surface area contributed by atoms with Crippen molar-refractivity contribution in [3.05, 3.63) is 82.1 Å². The maximum atomic E-state index is 13.1. The van der Waals surface area contributed by atoms with E-state index >= 15 is 0 Å². The number of hydrogen-bond acceptors (Lipinski definition) is 5. The van der Waals surface area contributed by atoms with E-state index in [1.807, 2.05) is 24.3 Å². The minimum absolute atomic E-state index is 0.140. The van der Waals surface area contributed by atoms with Gasteiger partial charge in [-0.25, -0.2) is 9.59 Å². The molecule has 160 valence electrons. The second-order valence-corrected chi connectivity index (χ2v) is 6.99. The van der Waals surface area contributed by atoms with Gasteiger partial charge in [-0.3, -0.25) is 4.79 Å². The van der Waals surface area contributed by atoms with E-state index in [1.165, 1.54) is 19.2 Å². The number of carbonyl (C=O) groups is 3. The van der Waals surface area contributed by atoms with E-state index in [2.05, 4.69) is 0 Å². The van der Waals surface area contributed by atoms with Gasteiger partial charge in [0, 0.05) is 12.2 Å². The number of methoxy groups -OCH3 is 2. The molecule has 0 radical (unpaired) electrons. The molecule has 0 spiro atoms. The molecule has 2 aromatic rings. The Morgan fingerprint density at radius 1 is 1.03 bits per heavy atom. The van der Waals surface area contributed by atoms with Crippen molar-refractivity contribution in [2.45, 2.75) is 13.3 Å². The highest BCUT2D eigenvalue weighted by Gasteiger charge is 2.36. The van der Waals surface area contributed by atoms with Gasteiger partial charge >= 0.3 is 11.9 Å². The quantitative estimate of drug-likeness (QED) is 0.545. The number of esters is 1. The summed E-state index contributed by atoms with van der Waals surface area (Å²) in [6, 6.07) is 13.7. The topological polar surface area (TPSA) is 93.1 Å². The van der Waals surface area contributed by atoms with E-state index in [0.717, 1.165) is 11.3 Å². The lowest BCUT2D eigenvalue weighted by Crippen LogP contribution is -2.27. The normalized spacial score (nSPS) is 14.9. The van der Waals surface area contributed by atoms with E-state index in [1.54, 1.807) is 37.1 Å². The third-order valence-electron chi connectivity index (χ3n) is 5.15. The number of hydrogen-bond donors (Lipinski definition) is 1. The fraction of sp³-hybridized carbons (Fsp3) is 0.208. The van der Waals surface area contributed by atoms with Crippen LogP contribution in [0, 0.1) is 0 Å². The molecule has 1 heterocycles. The summed E-state index contributed by atoms with van der Waals surface area (Å²) < 4.78 is 10.1. The lowest BCUT2D eigenvalue weighted by molar-refractivity contribution is -0.136. The van der Waals surface area contributed by atoms with Crippen LogP contribution in [-0.4, -0.2) is 48.6 Å². The molecule has 0 bridgehead atoms. The second kappa shape index (κ2) is 9.30. The molecular formula is C24H23NO6. The molecule has 1 N–H and O–H groups in total. The molecule has 1 aliphatic rings. The maximum absolute atomic E-state index is 13.1. The van der Waals surface area contributed by atoms with Crippen LogP contribution in [0.3, 0.4) is 0 Å². The number of rotatable bonds is 7. The van der Waals surface area contributed by atoms with Crippen LogP contribution in [0.2, 0.25) is 0 Å². The molecule has 7 nitrogen and oxygen atoms in total. The molecule has 1 aliphatic heterocycles. The first-order valence-electron chi connectivity index (χ1n) is 9.65. The van der Waals surface area contributed by atoms with Crippen molar-refractivity contribution in [1.82, 2.24) is 4.90 Å². The zero-order valence-electron chi connectivity index (χ0n) is 17.5. The third-order valence-corrected chi connectivity index (χ3v) is 5.15. The van der Waals surface area contributed by atoms with Crippen LogP contribution in [0.15, 0.2) is 65.4 Å². The summed E-state index contributed by atoms with van der Waals surface area (Å²) in [4.78, 5) is 38.2. The van der Waals surface area contributed by atoms with Crippen molar-refractivity contribution in [2.24, 2.45) is 0 Å². The molecular weight excluding hydrogens is 398 g/mol. The van der Waals surface area contributed by atoms with E-state index in [9.17, 15) is 14.4 Å². The van der Waals surface area contributed by atoms with Gasteiger partial charge in [-0.15, -0.1) is 0 Å². The van der Waals surface area contributed by atoms with Gasteiger partial charge in [-0.2, -0.15) is 0 Å². The Bertz CT molecular complexity index is 1060. The molecule has 0 saturated carbocycles. The van der Waals surface area contributed by atoms with Gasteiger partial charge in [0.1, 0.15) is 5.75 Å². The first kappa shape index (κ1) is 21.8. The summed E-state index contributed by atoms with van der Waals surface area (Å²) in [5, 5.41) is 9.05. The van der Waals surface area contributed by atoms with E-state index < -0.39 is 11.9 Å². The Kier molecular flexibility index (Phi) is 6.55. The predicted molar refractivity (Wildman–Crippen MR) is 115 cm³/mol. The zero-order valence-corrected chi connectivity index (χ0v) is 17.5. The summed E-state index contributed by atoms with van der Waals surface area (Å²) in [7, 11) is 2.87. The van der Waals surface area contributed by atoms with Crippen LogP contribution < -0.4 is 4.74 Å². The molecule has 0 atom stereocenters. The molecule has 0 fully saturated rings. The van der Waals surface area contributed by atoms with E-state index in [4.69, 9.17) is 14.6 Å². The summed E-state index contributed by atoms with van der Waals surface area (Å²) in [5.41, 5.74) is 2.74. The minimum Gasteiger partial charge on any atom is -0.497 e. The van der Waals surface area contributed by atoms with Crippen molar-refractivity contribution < 1.29 is 29.0 Å². The van der Waals surface area contributed by atoms with Gasteiger partial charge in [-0.1, -0.05) is 24.3 Å². The summed E-state index contributed by atoms with van der Waals surface area (Å²) >= 11 is 0. The minimum atomic E-state index is -1.04. The van der Waals surface area contributed by atoms with Crippen molar-refractivity contribution >= 4 is 23.9 Å². The Labute approximate surface area is 180 Å². The molecule has 0 unspecified atom stereocenters. The number of carbonyl (C=O) groups excluding carboxylic acids is 2. The standard InChI is InChI=1S/C24H23NO6/c1-15-21(24(29)31-3)20(14-17-4-8-18(9-5-17)23(27)28)22(26)25(15)13-12-16-6-10-19(30-2)11-7-16/h4-11,14H,12-13H2,1-3H3,(H,27,28)/b20-14-. The Morgan fingerprint density at radius 2 is 1.68 bits per heavy atom. The molecule has 0 saturated heterocycles. The third kappa shape index (κ3) is 4.66. The first-order valence-corrected chi connectivity index (χ1v) is 9.65. The smallest absolute Gasteiger partial charge is 0.340 e. The largest absolute Gasteiger partial charge is 0.497 e. The molecule has 0 aliphatic carbocycles. The lowest BCUT2D eigenvalue weighted by atomic mass is 10.0. The number of allylic oxidation sites excluding steroid dienone is 1. The van der Waals surface area contributed by atoms with Gasteiger partial charge in [0.2, 0.25) is 0 Å². The van der Waals surface area contributed by atoms with Crippen molar-refractivity contribution in [1.29, 1.82) is 0 Å². The predicted octanol–water partition coefficient (Wildman–Crippen LogP) is 3.31. The number of carboxylic acids is 1. The van der Waals surface area contributed by atoms with Crippen LogP contribution in [0.25, 0.3) is 6.08 Å². The SMILES string of the molecule is COC(=O)C1=C(C)N(CCc2ccc(OC)cc2)C(=O)/C1=C\c1ccc(C(=O)O)cc1. The monoisotopic (exact) mass is 421 g/mol. The number of carboxylic acid groups (broad SMARTS) is 1. The molecule has 1 amide bonds. The number of aromatic carboxylic acids is 1. The van der Waals surface area contributed by atoms with Crippen LogP contribution in [0.5, 0.6) is 5.75 Å². The average Bonchev–Trinajstić information content (AvgIpc) is 3.01. The van der Waals surface area contributed by atoms with E-state index in [-0.39, 0.29) is 22.6 Å². The Hall–Kier alpha value is -3.87. The molecule has 0 aromatic heterocycles. The lowest BCUT2D eigenvalue weighted by Gasteiger charge is -2.18. The molecule has 31 heavy (non-hydrogen) atoms. The fourth-order valence-corrected chi connectivity index (χ4v) is 3.42. The highest BCUT2D eigenvalue weighted by molar-refractivity contribution is 6.16. The zero-order chi connectivity index (χ0) is 22.5. The van der Waals surface area contributed by atoms with Gasteiger partial charge < -0.3 is 19.5 Å². The highest BCUT2D eigenvalue weighted by Crippen LogP contribution is 2.32. The van der Waals surface area contributed by atoms with Crippen LogP contribution >= 0.6 is 0 Å². The van der Waals surface area contributed by atoms with E-state index in [0.29, 0.717) is 24.2 Å². The molecule has 3 rings (SSSR count). The summed E-state index contributed by atoms with van der Waals surface area (Å²) in [5.74, 6) is -1.17. The highest BCUT2D eigenvalue weighted by atomic mass is 16.5. The van der Waals surface area contributed by atoms with Crippen LogP contribution in [-0.2, 0) is 20.7 Å². The maximum Gasteiger partial charge on any atom is 0.340 e. The van der Waals surface area contributed by atoms with Gasteiger partial charge in [-0.05, 0) is 54.8 Å². The first-order chi connectivity index (χ1) is 14.8. The number of nitrogens with zero attached hydrogens (tertiary/aromatic N) is 1. The molecule has 7 heteroatoms. The molecule has 2 aromatic carbocycles. The van der Waals surface area contributed by atoms with Gasteiger partial charge in [0.05, 0.1) is 30.9 Å². The van der Waals surface area contributed by atoms with Gasteiger partial charge in [0.15, 0.2) is 0 Å². The Morgan fingerprint density at radius 3 is 2.23 bits per heavy atom. The number of benzene rings is 2. The Balaban J connectivity index is 1.88. The second-order valence-electron chi connectivity index (χ2n) is 6.99. The number of ether oxygens (including phenoxy) is 2.